The number of esters is 2. The van der Waals surface area contributed by atoms with Crippen molar-refractivity contribution in [2.24, 2.45) is 0 Å². The van der Waals surface area contributed by atoms with Crippen LogP contribution in [0.25, 0.3) is 0 Å². The fourth-order valence-electron chi connectivity index (χ4n) is 6.54. The number of anilines is 2. The van der Waals surface area contributed by atoms with E-state index in [9.17, 15) is 9.59 Å². The standard InChI is InChI=1S/C42H48Cl4N2O4/c1-3-39(33-9-17-37(18-10-33)51-41(49)29-31-5-13-35(14-6-31)47(25-21-43)26-22-44)40(4-2)34-11-19-38(20-12-34)52-42(50)30-32-7-15-36(16-8-32)48(27-23-45)28-24-46/h5-20,39-40H,3-4,21-30H2,1-2H3. The molecule has 0 radical (unpaired) electrons. The lowest BCUT2D eigenvalue weighted by molar-refractivity contribution is -0.134. The van der Waals surface area contributed by atoms with E-state index in [-0.39, 0.29) is 36.6 Å². The minimum atomic E-state index is -0.316. The molecule has 0 saturated carbocycles. The minimum Gasteiger partial charge on any atom is -0.426 e. The summed E-state index contributed by atoms with van der Waals surface area (Å²) in [6.07, 6.45) is 2.22. The number of carbonyl (C=O) groups is 2. The van der Waals surface area contributed by atoms with E-state index in [1.807, 2.05) is 97.1 Å². The van der Waals surface area contributed by atoms with E-state index >= 15 is 0 Å². The van der Waals surface area contributed by atoms with Gasteiger partial charge >= 0.3 is 11.9 Å². The topological polar surface area (TPSA) is 59.1 Å². The Labute approximate surface area is 328 Å². The summed E-state index contributed by atoms with van der Waals surface area (Å²) in [5.74, 6) is 2.96. The van der Waals surface area contributed by atoms with Crippen LogP contribution in [0.3, 0.4) is 0 Å². The van der Waals surface area contributed by atoms with E-state index < -0.39 is 0 Å². The molecule has 10 heteroatoms. The molecule has 0 bridgehead atoms. The predicted molar refractivity (Wildman–Crippen MR) is 218 cm³/mol. The van der Waals surface area contributed by atoms with Gasteiger partial charge in [0.15, 0.2) is 0 Å². The Bertz CT molecular complexity index is 1510. The second kappa shape index (κ2) is 21.9. The summed E-state index contributed by atoms with van der Waals surface area (Å²) in [5, 5.41) is 0. The molecule has 0 aliphatic carbocycles. The fourth-order valence-corrected chi connectivity index (χ4v) is 7.35. The molecule has 0 aromatic heterocycles. The quantitative estimate of drug-likeness (QED) is 0.0476. The molecule has 0 amide bonds. The highest BCUT2D eigenvalue weighted by Crippen LogP contribution is 2.39. The lowest BCUT2D eigenvalue weighted by atomic mass is 9.78. The van der Waals surface area contributed by atoms with Gasteiger partial charge in [0.05, 0.1) is 12.8 Å². The van der Waals surface area contributed by atoms with Gasteiger partial charge in [-0.05, 0) is 95.5 Å². The Morgan fingerprint density at radius 1 is 0.500 bits per heavy atom. The normalized spacial score (nSPS) is 12.2. The van der Waals surface area contributed by atoms with E-state index in [0.717, 1.165) is 35.3 Å². The van der Waals surface area contributed by atoms with E-state index in [1.165, 1.54) is 11.1 Å². The second-order valence-electron chi connectivity index (χ2n) is 12.5. The zero-order valence-corrected chi connectivity index (χ0v) is 32.9. The van der Waals surface area contributed by atoms with Crippen LogP contribution in [0.4, 0.5) is 11.4 Å². The molecule has 0 heterocycles. The maximum Gasteiger partial charge on any atom is 0.315 e. The van der Waals surface area contributed by atoms with Crippen molar-refractivity contribution in [3.05, 3.63) is 119 Å². The van der Waals surface area contributed by atoms with Crippen LogP contribution in [0.2, 0.25) is 0 Å². The number of rotatable bonds is 21. The lowest BCUT2D eigenvalue weighted by Crippen LogP contribution is -2.27. The van der Waals surface area contributed by atoms with Crippen LogP contribution in [0.5, 0.6) is 11.5 Å². The molecule has 0 N–H and O–H groups in total. The number of halogens is 4. The molecule has 0 aliphatic rings. The molecule has 2 atom stereocenters. The Morgan fingerprint density at radius 2 is 0.808 bits per heavy atom. The van der Waals surface area contributed by atoms with Crippen molar-refractivity contribution >= 4 is 69.7 Å². The highest BCUT2D eigenvalue weighted by atomic mass is 35.5. The van der Waals surface area contributed by atoms with Gasteiger partial charge in [-0.25, -0.2) is 0 Å². The first-order valence-corrected chi connectivity index (χ1v) is 20.0. The van der Waals surface area contributed by atoms with E-state index in [4.69, 9.17) is 55.9 Å². The summed E-state index contributed by atoms with van der Waals surface area (Å²) in [7, 11) is 0. The zero-order valence-electron chi connectivity index (χ0n) is 29.9. The molecule has 6 nitrogen and oxygen atoms in total. The van der Waals surface area contributed by atoms with Gasteiger partial charge in [-0.15, -0.1) is 46.4 Å². The highest BCUT2D eigenvalue weighted by Gasteiger charge is 2.23. The van der Waals surface area contributed by atoms with Crippen LogP contribution in [-0.2, 0) is 22.4 Å². The summed E-state index contributed by atoms with van der Waals surface area (Å²) >= 11 is 23.8. The molecular weight excluding hydrogens is 738 g/mol. The Kier molecular flexibility index (Phi) is 17.4. The van der Waals surface area contributed by atoms with Gasteiger partial charge in [0.1, 0.15) is 11.5 Å². The van der Waals surface area contributed by atoms with Gasteiger partial charge in [-0.1, -0.05) is 62.4 Å². The molecule has 0 fully saturated rings. The van der Waals surface area contributed by atoms with Crippen molar-refractivity contribution in [2.75, 3.05) is 59.5 Å². The van der Waals surface area contributed by atoms with E-state index in [1.54, 1.807) is 0 Å². The van der Waals surface area contributed by atoms with Gasteiger partial charge in [0.25, 0.3) is 0 Å². The largest absolute Gasteiger partial charge is 0.426 e. The van der Waals surface area contributed by atoms with Crippen LogP contribution in [0.1, 0.15) is 60.8 Å². The molecule has 52 heavy (non-hydrogen) atoms. The monoisotopic (exact) mass is 784 g/mol. The summed E-state index contributed by atoms with van der Waals surface area (Å²) in [5.41, 5.74) is 6.15. The first-order chi connectivity index (χ1) is 25.3. The number of alkyl halides is 4. The van der Waals surface area contributed by atoms with Gasteiger partial charge in [-0.2, -0.15) is 0 Å². The number of hydrogen-bond donors (Lipinski definition) is 0. The third-order valence-electron chi connectivity index (χ3n) is 9.16. The van der Waals surface area contributed by atoms with Crippen molar-refractivity contribution in [3.8, 4) is 11.5 Å². The van der Waals surface area contributed by atoms with Gasteiger partial charge < -0.3 is 19.3 Å². The van der Waals surface area contributed by atoms with Crippen LogP contribution in [0.15, 0.2) is 97.1 Å². The second-order valence-corrected chi connectivity index (χ2v) is 14.0. The summed E-state index contributed by atoms with van der Waals surface area (Å²) in [6.45, 7) is 7.19. The molecule has 4 rings (SSSR count). The fraction of sp³-hybridized carbons (Fsp3) is 0.381. The zero-order chi connectivity index (χ0) is 37.3. The number of nitrogens with zero attached hydrogens (tertiary/aromatic N) is 2. The molecule has 0 aliphatic heterocycles. The molecule has 0 spiro atoms. The number of carbonyl (C=O) groups excluding carboxylic acids is 2. The smallest absolute Gasteiger partial charge is 0.315 e. The van der Waals surface area contributed by atoms with Gasteiger partial charge in [0.2, 0.25) is 0 Å². The molecular formula is C42H48Cl4N2O4. The van der Waals surface area contributed by atoms with Crippen molar-refractivity contribution in [1.29, 1.82) is 0 Å². The van der Waals surface area contributed by atoms with Gasteiger partial charge in [0, 0.05) is 61.1 Å². The average Bonchev–Trinajstić information content (AvgIpc) is 3.15. The lowest BCUT2D eigenvalue weighted by Gasteiger charge is -2.26. The molecule has 2 unspecified atom stereocenters. The number of benzene rings is 4. The van der Waals surface area contributed by atoms with Crippen molar-refractivity contribution in [2.45, 2.75) is 51.4 Å². The van der Waals surface area contributed by atoms with Crippen molar-refractivity contribution in [3.63, 3.8) is 0 Å². The summed E-state index contributed by atoms with van der Waals surface area (Å²) in [6, 6.07) is 31.3. The maximum absolute atomic E-state index is 12.8. The Balaban J connectivity index is 1.31. The minimum absolute atomic E-state index is 0.171. The van der Waals surface area contributed by atoms with Crippen molar-refractivity contribution < 1.29 is 19.1 Å². The number of hydrogen-bond acceptors (Lipinski definition) is 6. The maximum atomic E-state index is 12.8. The summed E-state index contributed by atoms with van der Waals surface area (Å²) < 4.78 is 11.4. The first kappa shape index (κ1) is 41.3. The summed E-state index contributed by atoms with van der Waals surface area (Å²) in [4.78, 5) is 29.8. The average molecular weight is 787 g/mol. The van der Waals surface area contributed by atoms with Crippen molar-refractivity contribution in [1.82, 2.24) is 0 Å². The predicted octanol–water partition coefficient (Wildman–Crippen LogP) is 10.2. The third kappa shape index (κ3) is 12.3. The van der Waals surface area contributed by atoms with Crippen LogP contribution < -0.4 is 19.3 Å². The SMILES string of the molecule is CCC(c1ccc(OC(=O)Cc2ccc(N(CCCl)CCCl)cc2)cc1)C(CC)c1ccc(OC(=O)Cc2ccc(N(CCCl)CCCl)cc2)cc1. The van der Waals surface area contributed by atoms with Crippen LogP contribution >= 0.6 is 46.4 Å². The third-order valence-corrected chi connectivity index (χ3v) is 9.84. The highest BCUT2D eigenvalue weighted by molar-refractivity contribution is 6.19. The molecule has 4 aromatic rings. The Morgan fingerprint density at radius 3 is 1.08 bits per heavy atom. The first-order valence-electron chi connectivity index (χ1n) is 17.8. The van der Waals surface area contributed by atoms with Crippen LogP contribution in [-0.4, -0.2) is 61.6 Å². The van der Waals surface area contributed by atoms with E-state index in [2.05, 4.69) is 23.6 Å². The van der Waals surface area contributed by atoms with E-state index in [0.29, 0.717) is 61.2 Å². The number of ether oxygens (including phenoxy) is 2. The van der Waals surface area contributed by atoms with Crippen LogP contribution in [0, 0.1) is 0 Å². The molecule has 4 aromatic carbocycles. The Hall–Kier alpha value is -3.42. The van der Waals surface area contributed by atoms with Gasteiger partial charge in [-0.3, -0.25) is 9.59 Å². The molecule has 0 saturated heterocycles. The molecule has 278 valence electrons.